The second kappa shape index (κ2) is 6.64. The van der Waals surface area contributed by atoms with E-state index in [9.17, 15) is 4.79 Å². The van der Waals surface area contributed by atoms with E-state index in [0.717, 1.165) is 43.1 Å². The van der Waals surface area contributed by atoms with Crippen LogP contribution >= 0.6 is 0 Å². The van der Waals surface area contributed by atoms with Crippen LogP contribution in [0, 0.1) is 5.92 Å². The molecule has 1 fully saturated rings. The first-order valence-corrected chi connectivity index (χ1v) is 7.10. The first kappa shape index (κ1) is 14.7. The minimum absolute atomic E-state index is 0.280. The third-order valence-corrected chi connectivity index (χ3v) is 3.92. The highest BCUT2D eigenvalue weighted by Gasteiger charge is 2.25. The highest BCUT2D eigenvalue weighted by atomic mass is 16.5. The number of ether oxygens (including phenoxy) is 2. The Hall–Kier alpha value is -1.71. The molecule has 0 spiro atoms. The Kier molecular flexibility index (Phi) is 4.88. The Labute approximate surface area is 120 Å². The highest BCUT2D eigenvalue weighted by Crippen LogP contribution is 2.36. The number of benzene rings is 1. The molecule has 4 heteroatoms. The van der Waals surface area contributed by atoms with Gasteiger partial charge in [-0.1, -0.05) is 0 Å². The molecule has 0 N–H and O–H groups in total. The SMILES string of the molecule is COc1ccc(OC)c(N2CCC(CCC(C)=O)C2)c1. The van der Waals surface area contributed by atoms with Crippen LogP contribution in [-0.4, -0.2) is 33.1 Å². The fraction of sp³-hybridized carbons (Fsp3) is 0.562. The first-order valence-electron chi connectivity index (χ1n) is 7.10. The van der Waals surface area contributed by atoms with Gasteiger partial charge in [0.1, 0.15) is 17.3 Å². The molecule has 0 radical (unpaired) electrons. The molecule has 110 valence electrons. The maximum atomic E-state index is 11.1. The number of hydrogen-bond acceptors (Lipinski definition) is 4. The summed E-state index contributed by atoms with van der Waals surface area (Å²) in [5.41, 5.74) is 1.08. The van der Waals surface area contributed by atoms with Gasteiger partial charge in [0.05, 0.1) is 19.9 Å². The van der Waals surface area contributed by atoms with Crippen molar-refractivity contribution in [2.45, 2.75) is 26.2 Å². The van der Waals surface area contributed by atoms with Crippen molar-refractivity contribution in [2.75, 3.05) is 32.2 Å². The zero-order valence-electron chi connectivity index (χ0n) is 12.5. The lowest BCUT2D eigenvalue weighted by molar-refractivity contribution is -0.117. The molecule has 2 rings (SSSR count). The van der Waals surface area contributed by atoms with Crippen LogP contribution in [0.3, 0.4) is 0 Å². The summed E-state index contributed by atoms with van der Waals surface area (Å²) in [7, 11) is 3.36. The number of nitrogens with zero attached hydrogens (tertiary/aromatic N) is 1. The minimum Gasteiger partial charge on any atom is -0.497 e. The number of hydrogen-bond donors (Lipinski definition) is 0. The lowest BCUT2D eigenvalue weighted by Crippen LogP contribution is -2.20. The van der Waals surface area contributed by atoms with Crippen molar-refractivity contribution in [2.24, 2.45) is 5.92 Å². The number of carbonyl (C=O) groups excluding carboxylic acids is 1. The van der Waals surface area contributed by atoms with Crippen molar-refractivity contribution >= 4 is 11.5 Å². The summed E-state index contributed by atoms with van der Waals surface area (Å²) in [6.07, 6.45) is 2.81. The molecule has 20 heavy (non-hydrogen) atoms. The summed E-state index contributed by atoms with van der Waals surface area (Å²) < 4.78 is 10.7. The fourth-order valence-electron chi connectivity index (χ4n) is 2.74. The van der Waals surface area contributed by atoms with Gasteiger partial charge in [0.25, 0.3) is 0 Å². The van der Waals surface area contributed by atoms with Crippen molar-refractivity contribution in [1.29, 1.82) is 0 Å². The van der Waals surface area contributed by atoms with Crippen LogP contribution < -0.4 is 14.4 Å². The van der Waals surface area contributed by atoms with Crippen LogP contribution in [0.2, 0.25) is 0 Å². The van der Waals surface area contributed by atoms with Crippen molar-refractivity contribution in [3.63, 3.8) is 0 Å². The Balaban J connectivity index is 2.06. The van der Waals surface area contributed by atoms with Gasteiger partial charge >= 0.3 is 0 Å². The van der Waals surface area contributed by atoms with E-state index < -0.39 is 0 Å². The molecule has 0 saturated carbocycles. The number of carbonyl (C=O) groups is 1. The van der Waals surface area contributed by atoms with E-state index in [1.165, 1.54) is 0 Å². The first-order chi connectivity index (χ1) is 9.63. The Morgan fingerprint density at radius 2 is 2.15 bits per heavy atom. The summed E-state index contributed by atoms with van der Waals surface area (Å²) in [5, 5.41) is 0. The summed E-state index contributed by atoms with van der Waals surface area (Å²) in [6.45, 7) is 3.65. The molecule has 0 aromatic heterocycles. The number of anilines is 1. The molecule has 1 aromatic carbocycles. The van der Waals surface area contributed by atoms with Gasteiger partial charge < -0.3 is 19.2 Å². The van der Waals surface area contributed by atoms with Gasteiger partial charge in [-0.3, -0.25) is 0 Å². The van der Waals surface area contributed by atoms with Crippen molar-refractivity contribution in [1.82, 2.24) is 0 Å². The molecule has 1 unspecified atom stereocenters. The highest BCUT2D eigenvalue weighted by molar-refractivity contribution is 5.75. The Morgan fingerprint density at radius 3 is 2.80 bits per heavy atom. The smallest absolute Gasteiger partial charge is 0.142 e. The molecule has 0 amide bonds. The molecule has 0 bridgehead atoms. The number of rotatable bonds is 6. The molecular weight excluding hydrogens is 254 g/mol. The Bertz CT molecular complexity index is 473. The molecule has 1 heterocycles. The molecule has 1 aliphatic rings. The van der Waals surface area contributed by atoms with Crippen LogP contribution in [-0.2, 0) is 4.79 Å². The van der Waals surface area contributed by atoms with Gasteiger partial charge in [-0.05, 0) is 37.8 Å². The summed E-state index contributed by atoms with van der Waals surface area (Å²) >= 11 is 0. The second-order valence-corrected chi connectivity index (χ2v) is 5.38. The molecule has 0 aliphatic carbocycles. The largest absolute Gasteiger partial charge is 0.497 e. The summed E-state index contributed by atoms with van der Waals surface area (Å²) in [4.78, 5) is 13.4. The summed E-state index contributed by atoms with van der Waals surface area (Å²) in [5.74, 6) is 2.59. The van der Waals surface area contributed by atoms with E-state index in [4.69, 9.17) is 9.47 Å². The molecule has 1 aromatic rings. The predicted molar refractivity (Wildman–Crippen MR) is 79.8 cm³/mol. The van der Waals surface area contributed by atoms with E-state index in [1.54, 1.807) is 21.1 Å². The molecule has 1 aliphatic heterocycles. The van der Waals surface area contributed by atoms with E-state index >= 15 is 0 Å². The van der Waals surface area contributed by atoms with E-state index in [0.29, 0.717) is 12.3 Å². The topological polar surface area (TPSA) is 38.8 Å². The fourth-order valence-corrected chi connectivity index (χ4v) is 2.74. The van der Waals surface area contributed by atoms with E-state index in [2.05, 4.69) is 4.90 Å². The molecular formula is C16H23NO3. The third-order valence-electron chi connectivity index (χ3n) is 3.92. The van der Waals surface area contributed by atoms with Crippen LogP contribution in [0.4, 0.5) is 5.69 Å². The maximum Gasteiger partial charge on any atom is 0.142 e. The molecule has 1 saturated heterocycles. The van der Waals surface area contributed by atoms with Gasteiger partial charge in [0.15, 0.2) is 0 Å². The van der Waals surface area contributed by atoms with Gasteiger partial charge in [-0.2, -0.15) is 0 Å². The van der Waals surface area contributed by atoms with Gasteiger partial charge in [0, 0.05) is 25.6 Å². The maximum absolute atomic E-state index is 11.1. The van der Waals surface area contributed by atoms with Crippen LogP contribution in [0.1, 0.15) is 26.2 Å². The van der Waals surface area contributed by atoms with Crippen molar-refractivity contribution in [3.05, 3.63) is 18.2 Å². The zero-order valence-corrected chi connectivity index (χ0v) is 12.5. The normalized spacial score (nSPS) is 18.1. The number of methoxy groups -OCH3 is 2. The average Bonchev–Trinajstić information content (AvgIpc) is 2.93. The lowest BCUT2D eigenvalue weighted by atomic mass is 10.0. The monoisotopic (exact) mass is 277 g/mol. The quantitative estimate of drug-likeness (QED) is 0.801. The third kappa shape index (κ3) is 3.44. The Morgan fingerprint density at radius 1 is 1.35 bits per heavy atom. The predicted octanol–water partition coefficient (Wildman–Crippen LogP) is 2.90. The van der Waals surface area contributed by atoms with Crippen molar-refractivity contribution in [3.8, 4) is 11.5 Å². The van der Waals surface area contributed by atoms with Crippen LogP contribution in [0.25, 0.3) is 0 Å². The van der Waals surface area contributed by atoms with Crippen LogP contribution in [0.15, 0.2) is 18.2 Å². The van der Waals surface area contributed by atoms with E-state index in [-0.39, 0.29) is 5.78 Å². The zero-order chi connectivity index (χ0) is 14.5. The summed E-state index contributed by atoms with van der Waals surface area (Å²) in [6, 6.07) is 5.87. The van der Waals surface area contributed by atoms with Crippen molar-refractivity contribution < 1.29 is 14.3 Å². The average molecular weight is 277 g/mol. The van der Waals surface area contributed by atoms with Crippen LogP contribution in [0.5, 0.6) is 11.5 Å². The number of Topliss-reactive ketones (excluding diaryl/α,β-unsaturated/α-hetero) is 1. The van der Waals surface area contributed by atoms with Gasteiger partial charge in [-0.15, -0.1) is 0 Å². The molecule has 1 atom stereocenters. The van der Waals surface area contributed by atoms with Gasteiger partial charge in [-0.25, -0.2) is 0 Å². The molecule has 4 nitrogen and oxygen atoms in total. The minimum atomic E-state index is 0.280. The lowest BCUT2D eigenvalue weighted by Gasteiger charge is -2.22. The number of ketones is 1. The second-order valence-electron chi connectivity index (χ2n) is 5.38. The standard InChI is InChI=1S/C16H23NO3/c1-12(18)4-5-13-8-9-17(11-13)15-10-14(19-2)6-7-16(15)20-3/h6-7,10,13H,4-5,8-9,11H2,1-3H3. The van der Waals surface area contributed by atoms with E-state index in [1.807, 2.05) is 18.2 Å². The van der Waals surface area contributed by atoms with Gasteiger partial charge in [0.2, 0.25) is 0 Å².